The van der Waals surface area contributed by atoms with Crippen molar-refractivity contribution in [2.75, 3.05) is 17.1 Å². The van der Waals surface area contributed by atoms with E-state index in [9.17, 15) is 22.4 Å². The number of nitrogens with zero attached hydrogens (tertiary/aromatic N) is 2. The van der Waals surface area contributed by atoms with Crippen LogP contribution in [0.2, 0.25) is 0 Å². The molecule has 0 aliphatic heterocycles. The molecule has 1 saturated carbocycles. The van der Waals surface area contributed by atoms with E-state index in [0.717, 1.165) is 54.6 Å². The van der Waals surface area contributed by atoms with E-state index in [0.29, 0.717) is 5.69 Å². The number of hydrogen-bond acceptors (Lipinski definition) is 4. The maximum absolute atomic E-state index is 14.5. The van der Waals surface area contributed by atoms with Gasteiger partial charge in [-0.2, -0.15) is 0 Å². The van der Waals surface area contributed by atoms with Crippen LogP contribution in [0.25, 0.3) is 0 Å². The predicted octanol–water partition coefficient (Wildman–Crippen LogP) is 4.02. The van der Waals surface area contributed by atoms with Gasteiger partial charge in [-0.1, -0.05) is 56.5 Å². The SMILES string of the molecule is CCc1ccc(N(CC(=O)N(Cc2ccccc2F)[C@H](C)C(=O)NC2CCCCC2)S(C)(=O)=O)cc1. The van der Waals surface area contributed by atoms with Gasteiger partial charge in [0, 0.05) is 18.2 Å². The molecular weight excluding hydrogens is 481 g/mol. The van der Waals surface area contributed by atoms with Crippen molar-refractivity contribution in [3.05, 3.63) is 65.5 Å². The molecule has 36 heavy (non-hydrogen) atoms. The van der Waals surface area contributed by atoms with Crippen LogP contribution in [-0.2, 0) is 32.6 Å². The quantitative estimate of drug-likeness (QED) is 0.516. The van der Waals surface area contributed by atoms with Crippen molar-refractivity contribution < 1.29 is 22.4 Å². The normalized spacial score (nSPS) is 15.2. The number of amides is 2. The van der Waals surface area contributed by atoms with Gasteiger partial charge >= 0.3 is 0 Å². The lowest BCUT2D eigenvalue weighted by Crippen LogP contribution is -2.53. The Kier molecular flexibility index (Phi) is 9.48. The van der Waals surface area contributed by atoms with E-state index in [4.69, 9.17) is 0 Å². The standard InChI is InChI=1S/C27H36FN3O4S/c1-4-21-14-16-24(17-15-21)31(36(3,34)35)19-26(32)30(18-22-10-8-9-13-25(22)28)20(2)27(33)29-23-11-6-5-7-12-23/h8-10,13-17,20,23H,4-7,11-12,18-19H2,1-3H3,(H,29,33)/t20-/m1/s1. The maximum Gasteiger partial charge on any atom is 0.244 e. The van der Waals surface area contributed by atoms with Crippen LogP contribution in [0.15, 0.2) is 48.5 Å². The highest BCUT2D eigenvalue weighted by Crippen LogP contribution is 2.21. The molecule has 1 N–H and O–H groups in total. The van der Waals surface area contributed by atoms with Gasteiger partial charge in [0.25, 0.3) is 0 Å². The Labute approximate surface area is 213 Å². The first-order valence-corrected chi connectivity index (χ1v) is 14.3. The number of anilines is 1. The summed E-state index contributed by atoms with van der Waals surface area (Å²) in [5, 5.41) is 3.02. The molecule has 9 heteroatoms. The first kappa shape index (κ1) is 27.6. The van der Waals surface area contributed by atoms with E-state index in [1.54, 1.807) is 37.3 Å². The zero-order valence-electron chi connectivity index (χ0n) is 21.2. The lowest BCUT2D eigenvalue weighted by Gasteiger charge is -2.33. The van der Waals surface area contributed by atoms with Crippen LogP contribution in [0.3, 0.4) is 0 Å². The van der Waals surface area contributed by atoms with Gasteiger partial charge in [-0.25, -0.2) is 12.8 Å². The molecule has 196 valence electrons. The molecular formula is C27H36FN3O4S. The van der Waals surface area contributed by atoms with E-state index in [2.05, 4.69) is 5.32 Å². The second-order valence-electron chi connectivity index (χ2n) is 9.42. The van der Waals surface area contributed by atoms with E-state index in [1.807, 2.05) is 19.1 Å². The van der Waals surface area contributed by atoms with Gasteiger partial charge in [-0.05, 0) is 49.9 Å². The second kappa shape index (κ2) is 12.3. The number of aryl methyl sites for hydroxylation is 1. The number of nitrogens with one attached hydrogen (secondary N) is 1. The first-order valence-electron chi connectivity index (χ1n) is 12.5. The van der Waals surface area contributed by atoms with Crippen molar-refractivity contribution in [1.29, 1.82) is 0 Å². The minimum absolute atomic E-state index is 0.0451. The van der Waals surface area contributed by atoms with Crippen molar-refractivity contribution >= 4 is 27.5 Å². The summed E-state index contributed by atoms with van der Waals surface area (Å²) in [6.45, 7) is 2.93. The average Bonchev–Trinajstić information content (AvgIpc) is 2.86. The summed E-state index contributed by atoms with van der Waals surface area (Å²) in [6, 6.07) is 12.1. The van der Waals surface area contributed by atoms with Crippen molar-refractivity contribution in [2.24, 2.45) is 0 Å². The molecule has 0 heterocycles. The monoisotopic (exact) mass is 517 g/mol. The highest BCUT2D eigenvalue weighted by atomic mass is 32.2. The second-order valence-corrected chi connectivity index (χ2v) is 11.3. The summed E-state index contributed by atoms with van der Waals surface area (Å²) in [7, 11) is -3.80. The Hall–Kier alpha value is -2.94. The summed E-state index contributed by atoms with van der Waals surface area (Å²) in [6.07, 6.45) is 6.82. The van der Waals surface area contributed by atoms with Crippen molar-refractivity contribution in [1.82, 2.24) is 10.2 Å². The molecule has 2 amide bonds. The lowest BCUT2D eigenvalue weighted by molar-refractivity contribution is -0.139. The fourth-order valence-electron chi connectivity index (χ4n) is 4.47. The summed E-state index contributed by atoms with van der Waals surface area (Å²) in [4.78, 5) is 28.0. The molecule has 0 bridgehead atoms. The molecule has 0 radical (unpaired) electrons. The maximum atomic E-state index is 14.5. The smallest absolute Gasteiger partial charge is 0.244 e. The van der Waals surface area contributed by atoms with Gasteiger partial charge in [0.15, 0.2) is 0 Å². The molecule has 1 aliphatic rings. The van der Waals surface area contributed by atoms with Gasteiger partial charge in [-0.15, -0.1) is 0 Å². The molecule has 2 aromatic carbocycles. The Balaban J connectivity index is 1.87. The minimum atomic E-state index is -3.80. The molecule has 0 unspecified atom stereocenters. The minimum Gasteiger partial charge on any atom is -0.352 e. The van der Waals surface area contributed by atoms with Crippen molar-refractivity contribution in [3.8, 4) is 0 Å². The molecule has 1 fully saturated rings. The Bertz CT molecular complexity index is 1150. The third-order valence-corrected chi connectivity index (χ3v) is 7.87. The molecule has 1 atom stereocenters. The molecule has 1 aliphatic carbocycles. The third-order valence-electron chi connectivity index (χ3n) is 6.73. The zero-order valence-corrected chi connectivity index (χ0v) is 22.1. The number of hydrogen-bond donors (Lipinski definition) is 1. The molecule has 0 saturated heterocycles. The summed E-state index contributed by atoms with van der Waals surface area (Å²) >= 11 is 0. The predicted molar refractivity (Wildman–Crippen MR) is 139 cm³/mol. The number of carbonyl (C=O) groups excluding carboxylic acids is 2. The molecule has 7 nitrogen and oxygen atoms in total. The van der Waals surface area contributed by atoms with Crippen LogP contribution in [0.4, 0.5) is 10.1 Å². The first-order chi connectivity index (χ1) is 17.1. The van der Waals surface area contributed by atoms with Crippen LogP contribution in [0.5, 0.6) is 0 Å². The van der Waals surface area contributed by atoms with Crippen LogP contribution >= 0.6 is 0 Å². The molecule has 0 aromatic heterocycles. The topological polar surface area (TPSA) is 86.8 Å². The number of halogens is 1. The number of carbonyl (C=O) groups is 2. The molecule has 0 spiro atoms. The summed E-state index contributed by atoms with van der Waals surface area (Å²) < 4.78 is 40.8. The van der Waals surface area contributed by atoms with Crippen LogP contribution in [0.1, 0.15) is 57.1 Å². The largest absolute Gasteiger partial charge is 0.352 e. The summed E-state index contributed by atoms with van der Waals surface area (Å²) in [5.41, 5.74) is 1.64. The van der Waals surface area contributed by atoms with Gasteiger partial charge in [0.2, 0.25) is 21.8 Å². The van der Waals surface area contributed by atoms with Crippen molar-refractivity contribution in [2.45, 2.75) is 71.0 Å². The van der Waals surface area contributed by atoms with Crippen LogP contribution < -0.4 is 9.62 Å². The van der Waals surface area contributed by atoms with Crippen LogP contribution in [0, 0.1) is 5.82 Å². The van der Waals surface area contributed by atoms with Gasteiger partial charge in [0.05, 0.1) is 11.9 Å². The van der Waals surface area contributed by atoms with Gasteiger partial charge < -0.3 is 10.2 Å². The van der Waals surface area contributed by atoms with Gasteiger partial charge in [0.1, 0.15) is 18.4 Å². The fraction of sp³-hybridized carbons (Fsp3) is 0.481. The van der Waals surface area contributed by atoms with E-state index >= 15 is 0 Å². The lowest BCUT2D eigenvalue weighted by atomic mass is 9.95. The third kappa shape index (κ3) is 7.29. The van der Waals surface area contributed by atoms with Crippen molar-refractivity contribution in [3.63, 3.8) is 0 Å². The average molecular weight is 518 g/mol. The van der Waals surface area contributed by atoms with Crippen LogP contribution in [-0.4, -0.2) is 50.0 Å². The zero-order chi connectivity index (χ0) is 26.3. The Morgan fingerprint density at radius 1 is 1.06 bits per heavy atom. The van der Waals surface area contributed by atoms with E-state index in [1.165, 1.54) is 11.0 Å². The Morgan fingerprint density at radius 3 is 2.28 bits per heavy atom. The molecule has 2 aromatic rings. The molecule has 3 rings (SSSR count). The highest BCUT2D eigenvalue weighted by Gasteiger charge is 2.31. The fourth-order valence-corrected chi connectivity index (χ4v) is 5.32. The number of benzene rings is 2. The highest BCUT2D eigenvalue weighted by molar-refractivity contribution is 7.92. The van der Waals surface area contributed by atoms with Gasteiger partial charge in [-0.3, -0.25) is 13.9 Å². The number of sulfonamides is 1. The van der Waals surface area contributed by atoms with E-state index in [-0.39, 0.29) is 24.1 Å². The Morgan fingerprint density at radius 2 is 1.69 bits per heavy atom. The summed E-state index contributed by atoms with van der Waals surface area (Å²) in [5.74, 6) is -1.41. The van der Waals surface area contributed by atoms with E-state index < -0.39 is 34.3 Å². The number of rotatable bonds is 10.